The van der Waals surface area contributed by atoms with Crippen LogP contribution >= 0.6 is 11.3 Å². The monoisotopic (exact) mass is 855 g/mol. The van der Waals surface area contributed by atoms with Gasteiger partial charge in [-0.05, 0) is 48.3 Å². The number of benzene rings is 6. The number of nitrogens with zero attached hydrogens (tertiary/aromatic N) is 3. The minimum absolute atomic E-state index is 0. The molecule has 0 unspecified atom stereocenters. The van der Waals surface area contributed by atoms with Gasteiger partial charge in [-0.25, -0.2) is 0 Å². The Morgan fingerprint density at radius 2 is 1.37 bits per heavy atom. The summed E-state index contributed by atoms with van der Waals surface area (Å²) in [4.78, 5) is 9.34. The van der Waals surface area contributed by atoms with Gasteiger partial charge in [-0.3, -0.25) is 16.3 Å². The van der Waals surface area contributed by atoms with Crippen LogP contribution in [0.2, 0.25) is 0 Å². The maximum atomic E-state index is 7.23. The molecule has 6 aromatic carbocycles. The van der Waals surface area contributed by atoms with Gasteiger partial charge in [0.25, 0.3) is 0 Å². The Morgan fingerprint density at radius 3 is 2.04 bits per heavy atom. The van der Waals surface area contributed by atoms with E-state index in [4.69, 9.17) is 9.10 Å². The molecule has 0 saturated heterocycles. The minimum atomic E-state index is -2.09. The molecule has 0 fully saturated rings. The van der Waals surface area contributed by atoms with Crippen LogP contribution in [0.15, 0.2) is 164 Å². The molecule has 3 nitrogen and oxygen atoms in total. The van der Waals surface area contributed by atoms with Crippen LogP contribution < -0.4 is 0 Å². The van der Waals surface area contributed by atoms with Crippen molar-refractivity contribution in [1.29, 1.82) is 0 Å². The molecule has 3 heterocycles. The zero-order chi connectivity index (χ0) is 36.4. The second-order valence-electron chi connectivity index (χ2n) is 12.0. The number of fused-ring (bicyclic) bond motifs is 2. The van der Waals surface area contributed by atoms with Crippen molar-refractivity contribution in [3.8, 4) is 50.6 Å². The molecular formula is C46H33IrN3S-2. The normalized spacial score (nSPS) is 11.9. The fourth-order valence-corrected chi connectivity index (χ4v) is 7.09. The van der Waals surface area contributed by atoms with E-state index in [1.807, 2.05) is 18.2 Å². The summed E-state index contributed by atoms with van der Waals surface area (Å²) in [5.74, 6) is 0.915. The molecule has 3 aromatic heterocycles. The molecule has 0 amide bonds. The maximum absolute atomic E-state index is 7.23. The smallest absolute Gasteiger partial charge is 0.0774 e. The first-order valence-corrected chi connectivity index (χ1v) is 17.2. The van der Waals surface area contributed by atoms with Crippen molar-refractivity contribution in [2.45, 2.75) is 13.8 Å². The van der Waals surface area contributed by atoms with E-state index in [0.717, 1.165) is 39.4 Å². The number of para-hydroxylation sites is 3. The van der Waals surface area contributed by atoms with Crippen molar-refractivity contribution in [2.75, 3.05) is 0 Å². The van der Waals surface area contributed by atoms with Crippen molar-refractivity contribution in [3.05, 3.63) is 186 Å². The molecule has 249 valence electrons. The standard InChI is InChI=1S/C34H23N2S.C12H10N.Ir/c1-23-19-20-32-28(21-23)29(22-37-32)34-35-30-17-8-9-18-31(30)36(34)33-26(24-11-4-2-5-12-24)15-10-16-27(33)25-13-6-3-7-14-25;1-10-7-8-12(13-9-10)11-5-3-2-4-6-11;/h2-21H,1H3;2-5,7-9H,1H3;/q2*-1;/i;1D3;. The Bertz CT molecular complexity index is 2600. The van der Waals surface area contributed by atoms with Crippen LogP contribution in [0, 0.1) is 25.2 Å². The van der Waals surface area contributed by atoms with Crippen LogP contribution in [-0.2, 0) is 20.1 Å². The van der Waals surface area contributed by atoms with Crippen LogP contribution in [0.4, 0.5) is 0 Å². The fraction of sp³-hybridized carbons (Fsp3) is 0.0435. The molecule has 0 N–H and O–H groups in total. The molecule has 0 aliphatic rings. The van der Waals surface area contributed by atoms with Crippen molar-refractivity contribution >= 4 is 32.5 Å². The zero-order valence-electron chi connectivity index (χ0n) is 30.7. The predicted molar refractivity (Wildman–Crippen MR) is 210 cm³/mol. The van der Waals surface area contributed by atoms with Crippen LogP contribution in [0.5, 0.6) is 0 Å². The number of rotatable bonds is 5. The Morgan fingerprint density at radius 1 is 0.686 bits per heavy atom. The van der Waals surface area contributed by atoms with Gasteiger partial charge in [0, 0.05) is 41.5 Å². The van der Waals surface area contributed by atoms with E-state index < -0.39 is 6.85 Å². The summed E-state index contributed by atoms with van der Waals surface area (Å²) in [5.41, 5.74) is 12.0. The molecule has 9 aromatic rings. The summed E-state index contributed by atoms with van der Waals surface area (Å²) >= 11 is 1.65. The van der Waals surface area contributed by atoms with E-state index in [1.54, 1.807) is 29.5 Å². The van der Waals surface area contributed by atoms with Gasteiger partial charge in [0.2, 0.25) is 0 Å². The van der Waals surface area contributed by atoms with E-state index in [-0.39, 0.29) is 25.7 Å². The fourth-order valence-electron chi connectivity index (χ4n) is 6.27. The number of pyridine rings is 1. The van der Waals surface area contributed by atoms with Gasteiger partial charge in [0.05, 0.1) is 22.5 Å². The first-order valence-electron chi connectivity index (χ1n) is 17.9. The van der Waals surface area contributed by atoms with Gasteiger partial charge in [0.1, 0.15) is 0 Å². The van der Waals surface area contributed by atoms with Gasteiger partial charge < -0.3 is 9.55 Å². The van der Waals surface area contributed by atoms with Crippen LogP contribution in [0.3, 0.4) is 0 Å². The number of hydrogen-bond donors (Lipinski definition) is 0. The van der Waals surface area contributed by atoms with Crippen LogP contribution in [0.25, 0.3) is 71.7 Å². The third kappa shape index (κ3) is 6.97. The van der Waals surface area contributed by atoms with Gasteiger partial charge in [0.15, 0.2) is 0 Å². The predicted octanol–water partition coefficient (Wildman–Crippen LogP) is 12.2. The number of aryl methyl sites for hydroxylation is 2. The van der Waals surface area contributed by atoms with E-state index in [9.17, 15) is 0 Å². The molecule has 51 heavy (non-hydrogen) atoms. The summed E-state index contributed by atoms with van der Waals surface area (Å²) in [6.45, 7) is 0.0496. The van der Waals surface area contributed by atoms with Gasteiger partial charge in [-0.1, -0.05) is 136 Å². The quantitative estimate of drug-likeness (QED) is 0.162. The number of thiophene rings is 1. The average molecular weight is 855 g/mol. The van der Waals surface area contributed by atoms with Crippen molar-refractivity contribution < 1.29 is 24.2 Å². The average Bonchev–Trinajstić information content (AvgIpc) is 3.79. The zero-order valence-corrected chi connectivity index (χ0v) is 30.9. The SMILES string of the molecule is Cc1ccc2s[c-]c(-c3nc4ccccc4n3-c3c(-c4ccccc4)cccc3-c3ccccc3)c2c1.[2H]C([2H])([2H])c1ccc(-c2[c-]cccc2)nc1.[Ir]. The minimum Gasteiger partial charge on any atom is -0.332 e. The van der Waals surface area contributed by atoms with E-state index >= 15 is 0 Å². The van der Waals surface area contributed by atoms with E-state index in [1.165, 1.54) is 44.1 Å². The molecule has 5 heteroatoms. The summed E-state index contributed by atoms with van der Waals surface area (Å²) in [7, 11) is 0. The molecule has 0 saturated carbocycles. The van der Waals surface area contributed by atoms with Gasteiger partial charge in [-0.15, -0.1) is 47.3 Å². The van der Waals surface area contributed by atoms with Crippen molar-refractivity contribution in [1.82, 2.24) is 14.5 Å². The Kier molecular flexibility index (Phi) is 9.06. The molecular weight excluding hydrogens is 819 g/mol. The second kappa shape index (κ2) is 15.2. The van der Waals surface area contributed by atoms with Crippen LogP contribution in [0.1, 0.15) is 15.2 Å². The maximum Gasteiger partial charge on any atom is 0.0774 e. The van der Waals surface area contributed by atoms with Gasteiger partial charge >= 0.3 is 0 Å². The van der Waals surface area contributed by atoms with Crippen molar-refractivity contribution in [2.24, 2.45) is 0 Å². The van der Waals surface area contributed by atoms with Crippen molar-refractivity contribution in [3.63, 3.8) is 0 Å². The molecule has 0 bridgehead atoms. The summed E-state index contributed by atoms with van der Waals surface area (Å²) in [6.07, 6.45) is 1.39. The molecule has 0 atom stereocenters. The van der Waals surface area contributed by atoms with E-state index in [0.29, 0.717) is 0 Å². The van der Waals surface area contributed by atoms with Crippen LogP contribution in [-0.4, -0.2) is 14.5 Å². The largest absolute Gasteiger partial charge is 0.332 e. The molecule has 0 spiro atoms. The summed E-state index contributed by atoms with van der Waals surface area (Å²) < 4.78 is 25.3. The third-order valence-corrected chi connectivity index (χ3v) is 9.51. The number of imidazole rings is 1. The first-order chi connectivity index (χ1) is 25.8. The van der Waals surface area contributed by atoms with Gasteiger partial charge in [-0.2, -0.15) is 0 Å². The third-order valence-electron chi connectivity index (χ3n) is 8.63. The van der Waals surface area contributed by atoms with E-state index in [2.05, 4.69) is 149 Å². The second-order valence-corrected chi connectivity index (χ2v) is 12.8. The number of hydrogen-bond acceptors (Lipinski definition) is 3. The number of aromatic nitrogens is 3. The Hall–Kier alpha value is -5.45. The topological polar surface area (TPSA) is 30.7 Å². The molecule has 1 radical (unpaired) electrons. The Labute approximate surface area is 320 Å². The molecule has 0 aliphatic carbocycles. The molecule has 9 rings (SSSR count). The summed E-state index contributed by atoms with van der Waals surface area (Å²) in [6, 6.07) is 56.7. The Balaban J connectivity index is 0.000000223. The first kappa shape index (κ1) is 30.4. The molecule has 0 aliphatic heterocycles. The summed E-state index contributed by atoms with van der Waals surface area (Å²) in [5, 5.41) is 4.80.